The summed E-state index contributed by atoms with van der Waals surface area (Å²) >= 11 is 0. The molecule has 12 nitrogen and oxygen atoms in total. The van der Waals surface area contributed by atoms with Crippen molar-refractivity contribution >= 4 is 44.3 Å². The van der Waals surface area contributed by atoms with Crippen LogP contribution in [-0.2, 0) is 19.6 Å². The molecule has 1 aromatic heterocycles. The number of carboxylic acid groups (broad SMARTS) is 1. The number of halogens is 3. The molecule has 1 atom stereocenters. The SMILES string of the molecule is CCOc1cc(C(Nc2ccc3c(N)ncnc3c2)C(=O)NS(=O)(=O)c2ccccc2)ccc1OC(C)C.O=C(O)C(F)(F)F. The molecule has 0 aliphatic rings. The lowest BCUT2D eigenvalue weighted by Gasteiger charge is -2.22. The third-order valence-electron chi connectivity index (χ3n) is 5.74. The zero-order valence-corrected chi connectivity index (χ0v) is 25.0. The third-order valence-corrected chi connectivity index (χ3v) is 7.10. The fourth-order valence-corrected chi connectivity index (χ4v) is 4.82. The fourth-order valence-electron chi connectivity index (χ4n) is 3.81. The van der Waals surface area contributed by atoms with Gasteiger partial charge in [-0.15, -0.1) is 0 Å². The van der Waals surface area contributed by atoms with E-state index >= 15 is 0 Å². The summed E-state index contributed by atoms with van der Waals surface area (Å²) in [5, 5.41) is 10.9. The first-order valence-electron chi connectivity index (χ1n) is 13.2. The van der Waals surface area contributed by atoms with Crippen LogP contribution in [0.4, 0.5) is 24.7 Å². The van der Waals surface area contributed by atoms with Crippen molar-refractivity contribution in [3.05, 3.63) is 78.6 Å². The highest BCUT2D eigenvalue weighted by molar-refractivity contribution is 7.90. The van der Waals surface area contributed by atoms with E-state index in [2.05, 4.69) is 20.0 Å². The van der Waals surface area contributed by atoms with Crippen molar-refractivity contribution in [3.63, 3.8) is 0 Å². The molecule has 45 heavy (non-hydrogen) atoms. The number of nitrogens with one attached hydrogen (secondary N) is 2. The Balaban J connectivity index is 0.000000707. The van der Waals surface area contributed by atoms with Crippen LogP contribution in [0.5, 0.6) is 11.5 Å². The van der Waals surface area contributed by atoms with Gasteiger partial charge in [0.1, 0.15) is 18.2 Å². The van der Waals surface area contributed by atoms with E-state index in [4.69, 9.17) is 25.1 Å². The molecule has 16 heteroatoms. The summed E-state index contributed by atoms with van der Waals surface area (Å²) in [6.45, 7) is 6.00. The average Bonchev–Trinajstić information content (AvgIpc) is 2.97. The van der Waals surface area contributed by atoms with Gasteiger partial charge in [0, 0.05) is 11.1 Å². The minimum atomic E-state index is -5.08. The number of nitrogens with two attached hydrogens (primary N) is 1. The van der Waals surface area contributed by atoms with Crippen LogP contribution < -0.4 is 25.2 Å². The molecule has 4 rings (SSSR count). The number of aromatic nitrogens is 2. The number of amides is 1. The lowest BCUT2D eigenvalue weighted by atomic mass is 10.0. The molecule has 0 saturated carbocycles. The van der Waals surface area contributed by atoms with E-state index in [9.17, 15) is 26.4 Å². The normalized spacial score (nSPS) is 12.1. The number of hydrogen-bond acceptors (Lipinski definition) is 10. The van der Waals surface area contributed by atoms with Crippen LogP contribution in [0, 0.1) is 0 Å². The molecular formula is C29H30F3N5O7S. The van der Waals surface area contributed by atoms with E-state index in [0.29, 0.717) is 46.1 Å². The number of hydrogen-bond donors (Lipinski definition) is 4. The molecule has 5 N–H and O–H groups in total. The number of nitrogens with zero attached hydrogens (tertiary/aromatic N) is 2. The highest BCUT2D eigenvalue weighted by Crippen LogP contribution is 2.33. The average molecular weight is 650 g/mol. The quantitative estimate of drug-likeness (QED) is 0.187. The van der Waals surface area contributed by atoms with E-state index in [-0.39, 0.29) is 11.0 Å². The Hall–Kier alpha value is -5.12. The minimum absolute atomic E-state index is 0.0272. The number of fused-ring (bicyclic) bond motifs is 1. The summed E-state index contributed by atoms with van der Waals surface area (Å²) in [5.41, 5.74) is 7.49. The molecule has 240 valence electrons. The monoisotopic (exact) mass is 649 g/mol. The first-order chi connectivity index (χ1) is 21.1. The van der Waals surface area contributed by atoms with Gasteiger partial charge in [-0.3, -0.25) is 4.79 Å². The first kappa shape index (κ1) is 34.4. The van der Waals surface area contributed by atoms with Crippen LogP contribution in [0.25, 0.3) is 10.9 Å². The second kappa shape index (κ2) is 14.6. The van der Waals surface area contributed by atoms with Gasteiger partial charge >= 0.3 is 12.1 Å². The molecule has 0 aliphatic carbocycles. The molecule has 0 radical (unpaired) electrons. The smallest absolute Gasteiger partial charge is 0.490 e. The zero-order valence-electron chi connectivity index (χ0n) is 24.2. The summed E-state index contributed by atoms with van der Waals surface area (Å²) in [6, 6.07) is 16.8. The predicted octanol–water partition coefficient (Wildman–Crippen LogP) is 4.69. The van der Waals surface area contributed by atoms with E-state index in [1.807, 2.05) is 20.8 Å². The first-order valence-corrected chi connectivity index (χ1v) is 14.7. The summed E-state index contributed by atoms with van der Waals surface area (Å²) < 4.78 is 71.4. The van der Waals surface area contributed by atoms with Crippen molar-refractivity contribution in [3.8, 4) is 11.5 Å². The topological polar surface area (TPSA) is 183 Å². The number of carbonyl (C=O) groups excluding carboxylic acids is 1. The number of carboxylic acids is 1. The van der Waals surface area contributed by atoms with Gasteiger partial charge in [-0.25, -0.2) is 27.9 Å². The number of nitrogen functional groups attached to an aromatic ring is 1. The summed E-state index contributed by atoms with van der Waals surface area (Å²) in [7, 11) is -4.12. The van der Waals surface area contributed by atoms with Gasteiger partial charge in [-0.05, 0) is 68.8 Å². The molecule has 4 aromatic rings. The lowest BCUT2D eigenvalue weighted by Crippen LogP contribution is -2.37. The number of sulfonamides is 1. The molecular weight excluding hydrogens is 619 g/mol. The summed E-state index contributed by atoms with van der Waals surface area (Å²) in [4.78, 5) is 30.6. The van der Waals surface area contributed by atoms with Crippen LogP contribution in [0.15, 0.2) is 78.0 Å². The molecule has 0 saturated heterocycles. The van der Waals surface area contributed by atoms with Gasteiger partial charge in [0.15, 0.2) is 11.5 Å². The molecule has 1 unspecified atom stereocenters. The Bertz CT molecular complexity index is 1750. The number of anilines is 2. The summed E-state index contributed by atoms with van der Waals surface area (Å²) in [6.07, 6.45) is -3.83. The van der Waals surface area contributed by atoms with Crippen molar-refractivity contribution in [1.82, 2.24) is 14.7 Å². The Labute approximate surface area is 256 Å². The standard InChI is InChI=1S/C27H29N5O5S.C2HF3O2/c1-4-36-24-14-18(10-13-23(24)37-17(2)3)25(27(33)32-38(34,35)20-8-6-5-7-9-20)31-19-11-12-21-22(15-19)29-16-30-26(21)28;3-2(4,5)1(6)7/h5-17,25,31H,4H2,1-3H3,(H,32,33)(H2,28,29,30);(H,6,7). The van der Waals surface area contributed by atoms with Crippen LogP contribution in [0.2, 0.25) is 0 Å². The maximum atomic E-state index is 13.5. The van der Waals surface area contributed by atoms with E-state index < -0.39 is 34.1 Å². The molecule has 0 bridgehead atoms. The van der Waals surface area contributed by atoms with Gasteiger partial charge in [0.05, 0.1) is 23.1 Å². The van der Waals surface area contributed by atoms with Crippen LogP contribution >= 0.6 is 0 Å². The second-order valence-corrected chi connectivity index (χ2v) is 11.1. The Morgan fingerprint density at radius 1 is 1.00 bits per heavy atom. The summed E-state index contributed by atoms with van der Waals surface area (Å²) in [5.74, 6) is -2.27. The number of ether oxygens (including phenoxy) is 2. The fraction of sp³-hybridized carbons (Fsp3) is 0.241. The Morgan fingerprint density at radius 2 is 1.67 bits per heavy atom. The number of rotatable bonds is 10. The van der Waals surface area contributed by atoms with Crippen molar-refractivity contribution in [1.29, 1.82) is 0 Å². The Morgan fingerprint density at radius 3 is 2.27 bits per heavy atom. The highest BCUT2D eigenvalue weighted by Gasteiger charge is 2.38. The highest BCUT2D eigenvalue weighted by atomic mass is 32.2. The Kier molecular flexibility index (Phi) is 11.1. The molecule has 0 spiro atoms. The van der Waals surface area contributed by atoms with Gasteiger partial charge < -0.3 is 25.6 Å². The molecule has 0 aliphatic heterocycles. The van der Waals surface area contributed by atoms with Gasteiger partial charge in [-0.2, -0.15) is 13.2 Å². The van der Waals surface area contributed by atoms with Crippen LogP contribution in [-0.4, -0.2) is 54.3 Å². The number of benzene rings is 3. The minimum Gasteiger partial charge on any atom is -0.490 e. The van der Waals surface area contributed by atoms with Gasteiger partial charge in [-0.1, -0.05) is 24.3 Å². The number of aliphatic carboxylic acids is 1. The van der Waals surface area contributed by atoms with E-state index in [1.165, 1.54) is 18.5 Å². The molecule has 1 amide bonds. The maximum Gasteiger partial charge on any atom is 0.490 e. The van der Waals surface area contributed by atoms with Crippen molar-refractivity contribution in [2.45, 2.75) is 44.0 Å². The number of carbonyl (C=O) groups is 2. The van der Waals surface area contributed by atoms with Crippen molar-refractivity contribution in [2.24, 2.45) is 0 Å². The zero-order chi connectivity index (χ0) is 33.4. The van der Waals surface area contributed by atoms with Crippen molar-refractivity contribution < 1.29 is 45.8 Å². The second-order valence-electron chi connectivity index (χ2n) is 9.46. The third kappa shape index (κ3) is 9.43. The largest absolute Gasteiger partial charge is 0.490 e. The number of alkyl halides is 3. The molecule has 3 aromatic carbocycles. The van der Waals surface area contributed by atoms with Gasteiger partial charge in [0.2, 0.25) is 0 Å². The lowest BCUT2D eigenvalue weighted by molar-refractivity contribution is -0.192. The van der Waals surface area contributed by atoms with Crippen molar-refractivity contribution in [2.75, 3.05) is 17.7 Å². The van der Waals surface area contributed by atoms with Crippen LogP contribution in [0.3, 0.4) is 0 Å². The van der Waals surface area contributed by atoms with E-state index in [0.717, 1.165) is 0 Å². The maximum absolute atomic E-state index is 13.5. The predicted molar refractivity (Wildman–Crippen MR) is 159 cm³/mol. The van der Waals surface area contributed by atoms with Gasteiger partial charge in [0.25, 0.3) is 15.9 Å². The molecule has 1 heterocycles. The van der Waals surface area contributed by atoms with Crippen LogP contribution in [0.1, 0.15) is 32.4 Å². The molecule has 0 fully saturated rings. The van der Waals surface area contributed by atoms with E-state index in [1.54, 1.807) is 54.6 Å².